The van der Waals surface area contributed by atoms with Crippen LogP contribution in [0.15, 0.2) is 30.3 Å². The lowest BCUT2D eigenvalue weighted by Gasteiger charge is -2.41. The lowest BCUT2D eigenvalue weighted by molar-refractivity contribution is -0.150. The number of hydrogen-bond donors (Lipinski definition) is 0. The highest BCUT2D eigenvalue weighted by Gasteiger charge is 2.54. The Morgan fingerprint density at radius 3 is 2.75 bits per heavy atom. The second kappa shape index (κ2) is 5.78. The first-order valence-electron chi connectivity index (χ1n) is 7.24. The molecular formula is C16H21NO2S. The van der Waals surface area contributed by atoms with Crippen molar-refractivity contribution < 1.29 is 9.53 Å². The van der Waals surface area contributed by atoms with E-state index in [1.54, 1.807) is 0 Å². The topological polar surface area (TPSA) is 29.5 Å². The average molecular weight is 291 g/mol. The van der Waals surface area contributed by atoms with Gasteiger partial charge < -0.3 is 4.74 Å². The van der Waals surface area contributed by atoms with E-state index < -0.39 is 0 Å². The number of benzene rings is 1. The highest BCUT2D eigenvalue weighted by Crippen LogP contribution is 2.49. The van der Waals surface area contributed by atoms with Crippen LogP contribution in [0.3, 0.4) is 0 Å². The third-order valence-corrected chi connectivity index (χ3v) is 5.88. The number of thioether (sulfide) groups is 1. The zero-order valence-electron chi connectivity index (χ0n) is 11.9. The molecule has 2 aliphatic rings. The second-order valence-electron chi connectivity index (χ2n) is 5.82. The summed E-state index contributed by atoms with van der Waals surface area (Å²) in [6, 6.07) is 10.5. The predicted octanol–water partition coefficient (Wildman–Crippen LogP) is 2.41. The van der Waals surface area contributed by atoms with Gasteiger partial charge in [0.25, 0.3) is 0 Å². The maximum atomic E-state index is 12.2. The van der Waals surface area contributed by atoms with Crippen LogP contribution in [0.4, 0.5) is 0 Å². The molecule has 0 aromatic heterocycles. The summed E-state index contributed by atoms with van der Waals surface area (Å²) in [6.45, 7) is 5.17. The lowest BCUT2D eigenvalue weighted by Crippen LogP contribution is -2.46. The smallest absolute Gasteiger partial charge is 0.310 e. The quantitative estimate of drug-likeness (QED) is 0.797. The molecule has 1 atom stereocenters. The molecule has 1 aromatic carbocycles. The number of carbonyl (C=O) groups excluding carboxylic acids is 1. The van der Waals surface area contributed by atoms with E-state index in [0.717, 1.165) is 31.1 Å². The SMILES string of the molecule is CCOC(=O)C1CN(Cc2ccccc2)CC12CSC2. The molecular weight excluding hydrogens is 270 g/mol. The van der Waals surface area contributed by atoms with Crippen LogP contribution in [-0.2, 0) is 16.1 Å². The minimum atomic E-state index is 0.00311. The number of rotatable bonds is 4. The Kier molecular flexibility index (Phi) is 4.03. The summed E-state index contributed by atoms with van der Waals surface area (Å²) in [4.78, 5) is 14.6. The number of hydrogen-bond acceptors (Lipinski definition) is 4. The van der Waals surface area contributed by atoms with E-state index in [2.05, 4.69) is 29.2 Å². The van der Waals surface area contributed by atoms with Crippen LogP contribution in [-0.4, -0.2) is 42.1 Å². The van der Waals surface area contributed by atoms with Gasteiger partial charge >= 0.3 is 5.97 Å². The van der Waals surface area contributed by atoms with E-state index in [9.17, 15) is 4.79 Å². The highest BCUT2D eigenvalue weighted by atomic mass is 32.2. The largest absolute Gasteiger partial charge is 0.466 e. The fourth-order valence-corrected chi connectivity index (χ4v) is 4.57. The molecule has 3 nitrogen and oxygen atoms in total. The first-order valence-corrected chi connectivity index (χ1v) is 8.40. The Balaban J connectivity index is 1.69. The van der Waals surface area contributed by atoms with Crippen LogP contribution in [0.1, 0.15) is 12.5 Å². The minimum Gasteiger partial charge on any atom is -0.466 e. The van der Waals surface area contributed by atoms with E-state index in [0.29, 0.717) is 6.61 Å². The molecule has 2 aliphatic heterocycles. The molecule has 2 heterocycles. The van der Waals surface area contributed by atoms with Crippen LogP contribution in [0.25, 0.3) is 0 Å². The molecule has 2 fully saturated rings. The summed E-state index contributed by atoms with van der Waals surface area (Å²) >= 11 is 1.95. The standard InChI is InChI=1S/C16H21NO2S/c1-2-19-15(18)14-9-17(10-16(14)11-20-12-16)8-13-6-4-3-5-7-13/h3-7,14H,2,8-12H2,1H3. The van der Waals surface area contributed by atoms with Crippen LogP contribution in [0, 0.1) is 11.3 Å². The van der Waals surface area contributed by atoms with Crippen molar-refractivity contribution in [2.24, 2.45) is 11.3 Å². The highest BCUT2D eigenvalue weighted by molar-refractivity contribution is 8.00. The first kappa shape index (κ1) is 14.0. The second-order valence-corrected chi connectivity index (χ2v) is 6.80. The average Bonchev–Trinajstić information content (AvgIpc) is 2.80. The van der Waals surface area contributed by atoms with E-state index >= 15 is 0 Å². The van der Waals surface area contributed by atoms with E-state index in [4.69, 9.17) is 4.74 Å². The molecule has 2 saturated heterocycles. The molecule has 0 bridgehead atoms. The maximum absolute atomic E-state index is 12.2. The summed E-state index contributed by atoms with van der Waals surface area (Å²) in [7, 11) is 0. The zero-order chi connectivity index (χ0) is 14.0. The van der Waals surface area contributed by atoms with Gasteiger partial charge in [0.15, 0.2) is 0 Å². The molecule has 1 spiro atoms. The van der Waals surface area contributed by atoms with Crippen LogP contribution < -0.4 is 0 Å². The van der Waals surface area contributed by atoms with Gasteiger partial charge in [-0.15, -0.1) is 0 Å². The van der Waals surface area contributed by atoms with Gasteiger partial charge in [-0.25, -0.2) is 0 Å². The summed E-state index contributed by atoms with van der Waals surface area (Å²) < 4.78 is 5.28. The van der Waals surface area contributed by atoms with Crippen molar-refractivity contribution in [3.8, 4) is 0 Å². The van der Waals surface area contributed by atoms with Gasteiger partial charge in [0.05, 0.1) is 12.5 Å². The molecule has 4 heteroatoms. The van der Waals surface area contributed by atoms with Gasteiger partial charge in [-0.05, 0) is 12.5 Å². The molecule has 3 rings (SSSR count). The molecule has 0 N–H and O–H groups in total. The van der Waals surface area contributed by atoms with Crippen molar-refractivity contribution in [3.05, 3.63) is 35.9 Å². The van der Waals surface area contributed by atoms with Crippen molar-refractivity contribution in [2.75, 3.05) is 31.2 Å². The van der Waals surface area contributed by atoms with Crippen molar-refractivity contribution in [3.63, 3.8) is 0 Å². The van der Waals surface area contributed by atoms with Crippen molar-refractivity contribution in [2.45, 2.75) is 13.5 Å². The maximum Gasteiger partial charge on any atom is 0.310 e. The Labute approximate surface area is 124 Å². The van der Waals surface area contributed by atoms with Gasteiger partial charge in [0.2, 0.25) is 0 Å². The van der Waals surface area contributed by atoms with Crippen LogP contribution in [0.5, 0.6) is 0 Å². The Morgan fingerprint density at radius 2 is 2.15 bits per heavy atom. The molecule has 20 heavy (non-hydrogen) atoms. The lowest BCUT2D eigenvalue weighted by atomic mass is 9.81. The van der Waals surface area contributed by atoms with E-state index in [1.165, 1.54) is 5.56 Å². The van der Waals surface area contributed by atoms with Gasteiger partial charge in [0, 0.05) is 36.6 Å². The van der Waals surface area contributed by atoms with Crippen molar-refractivity contribution in [1.82, 2.24) is 4.90 Å². The molecule has 1 aromatic rings. The van der Waals surface area contributed by atoms with Crippen LogP contribution in [0.2, 0.25) is 0 Å². The Hall–Kier alpha value is -1.00. The van der Waals surface area contributed by atoms with Gasteiger partial charge in [-0.2, -0.15) is 11.8 Å². The molecule has 1 unspecified atom stereocenters. The summed E-state index contributed by atoms with van der Waals surface area (Å²) in [5.74, 6) is 2.26. The number of nitrogens with zero attached hydrogens (tertiary/aromatic N) is 1. The molecule has 108 valence electrons. The predicted molar refractivity (Wildman–Crippen MR) is 81.6 cm³/mol. The minimum absolute atomic E-state index is 0.00311. The van der Waals surface area contributed by atoms with Gasteiger partial charge in [0.1, 0.15) is 0 Å². The van der Waals surface area contributed by atoms with E-state index in [1.807, 2.05) is 24.8 Å². The van der Waals surface area contributed by atoms with Crippen molar-refractivity contribution >= 4 is 17.7 Å². The molecule has 0 radical (unpaired) electrons. The fraction of sp³-hybridized carbons (Fsp3) is 0.562. The van der Waals surface area contributed by atoms with Crippen molar-refractivity contribution in [1.29, 1.82) is 0 Å². The fourth-order valence-electron chi connectivity index (χ4n) is 3.26. The summed E-state index contributed by atoms with van der Waals surface area (Å²) in [5.41, 5.74) is 1.49. The summed E-state index contributed by atoms with van der Waals surface area (Å²) in [5, 5.41) is 0. The van der Waals surface area contributed by atoms with Gasteiger partial charge in [-0.3, -0.25) is 9.69 Å². The Morgan fingerprint density at radius 1 is 1.40 bits per heavy atom. The van der Waals surface area contributed by atoms with Gasteiger partial charge in [-0.1, -0.05) is 30.3 Å². The summed E-state index contributed by atoms with van der Waals surface area (Å²) in [6.07, 6.45) is 0. The third kappa shape index (κ3) is 2.59. The number of esters is 1. The zero-order valence-corrected chi connectivity index (χ0v) is 12.7. The third-order valence-electron chi connectivity index (χ3n) is 4.32. The normalized spacial score (nSPS) is 24.6. The first-order chi connectivity index (χ1) is 9.73. The molecule has 0 aliphatic carbocycles. The van der Waals surface area contributed by atoms with Crippen LogP contribution >= 0.6 is 11.8 Å². The molecule has 0 saturated carbocycles. The number of ether oxygens (including phenoxy) is 1. The number of likely N-dealkylation sites (tertiary alicyclic amines) is 1. The number of carbonyl (C=O) groups is 1. The monoisotopic (exact) mass is 291 g/mol. The van der Waals surface area contributed by atoms with E-state index in [-0.39, 0.29) is 17.3 Å². The Bertz CT molecular complexity index is 473. The molecule has 0 amide bonds.